The molecule has 11 rings (SSSR count). The van der Waals surface area contributed by atoms with Gasteiger partial charge in [-0.2, -0.15) is 63.2 Å². The summed E-state index contributed by atoms with van der Waals surface area (Å²) in [6.45, 7) is 0. The fraction of sp³-hybridized carbons (Fsp3) is 0.0625. The van der Waals surface area contributed by atoms with Crippen LogP contribution in [0.1, 0.15) is 33.4 Å². The van der Waals surface area contributed by atoms with Crippen molar-refractivity contribution in [2.45, 2.75) is 24.7 Å². The summed E-state index contributed by atoms with van der Waals surface area (Å²) in [6.07, 6.45) is -20.9. The number of fused-ring (bicyclic) bond motifs is 3. The molecule has 2 aromatic heterocycles. The Morgan fingerprint density at radius 2 is 0.716 bits per heavy atom. The Labute approximate surface area is 452 Å². The lowest BCUT2D eigenvalue weighted by atomic mass is 9.91. The fourth-order valence-electron chi connectivity index (χ4n) is 10.00. The van der Waals surface area contributed by atoms with Crippen molar-refractivity contribution in [2.75, 3.05) is 0 Å². The van der Waals surface area contributed by atoms with E-state index in [-0.39, 0.29) is 62.0 Å². The lowest BCUT2D eigenvalue weighted by Crippen LogP contribution is -2.12. The van der Waals surface area contributed by atoms with Crippen molar-refractivity contribution in [1.29, 1.82) is 10.5 Å². The summed E-state index contributed by atoms with van der Waals surface area (Å²) in [7, 11) is 0. The molecule has 0 radical (unpaired) electrons. The van der Waals surface area contributed by atoms with E-state index in [4.69, 9.17) is 9.97 Å². The van der Waals surface area contributed by atoms with Gasteiger partial charge >= 0.3 is 24.7 Å². The molecular weight excluding hydrogens is 1070 g/mol. The number of hydrogen-bond acceptors (Lipinski definition) is 4. The number of hydrogen-bond donors (Lipinski definition) is 0. The topological polar surface area (TPSA) is 78.3 Å². The highest BCUT2D eigenvalue weighted by atomic mass is 19.4. The van der Waals surface area contributed by atoms with Crippen LogP contribution in [-0.2, 0) is 24.7 Å². The molecule has 0 aliphatic heterocycles. The Morgan fingerprint density at radius 1 is 0.333 bits per heavy atom. The van der Waals surface area contributed by atoms with Crippen molar-refractivity contribution in [1.82, 2.24) is 14.5 Å². The minimum Gasteiger partial charge on any atom is -0.308 e. The van der Waals surface area contributed by atoms with Crippen LogP contribution in [0.4, 0.5) is 52.7 Å². The first-order chi connectivity index (χ1) is 38.6. The van der Waals surface area contributed by atoms with Gasteiger partial charge in [-0.1, -0.05) is 109 Å². The summed E-state index contributed by atoms with van der Waals surface area (Å²) in [5.74, 6) is 0.247. The van der Waals surface area contributed by atoms with E-state index in [1.54, 1.807) is 65.2 Å². The van der Waals surface area contributed by atoms with Gasteiger partial charge in [0.25, 0.3) is 0 Å². The van der Waals surface area contributed by atoms with Crippen LogP contribution in [0.15, 0.2) is 200 Å². The second kappa shape index (κ2) is 20.0. The first-order valence-electron chi connectivity index (χ1n) is 24.4. The first kappa shape index (κ1) is 53.0. The molecular formula is C64H33F12N5. The van der Waals surface area contributed by atoms with Crippen molar-refractivity contribution in [3.63, 3.8) is 0 Å². The summed E-state index contributed by atoms with van der Waals surface area (Å²) < 4.78 is 175. The maximum absolute atomic E-state index is 14.9. The zero-order chi connectivity index (χ0) is 57.2. The SMILES string of the molecule is N#Cc1ccc(-c2cc(-c3nc(-c4ccccc4)cc(-c4ccccc4)n3)cc(-c3ccc(C#N)cc3)c2-n2c3ccc(-c4ccc(C(F)(F)F)cc4C(F)(F)F)cc3c3cc(-c4ccc(C(F)(F)F)cc4C(F)(F)F)ccc32)cc1. The standard InChI is InChI=1S/C64H33F12N5/c65-61(66,67)45-21-23-47(53(31-45)63(71,72)73)42-19-25-57-51(27-42)52-28-43(48-24-22-46(62(68,69)70)32-54(48)64(74,75)76)20-26-58(52)81(57)59-49(38-15-11-36(34-77)12-16-38)29-44(30-50(59)39-17-13-37(35-78)14-18-39)60-79-55(40-7-3-1-4-8-40)33-56(80-60)41-9-5-2-6-10-41/h1-33H. The molecule has 17 heteroatoms. The predicted octanol–water partition coefficient (Wildman–Crippen LogP) is 19.1. The number of nitriles is 2. The van der Waals surface area contributed by atoms with Crippen molar-refractivity contribution < 1.29 is 52.7 Å². The second-order valence-electron chi connectivity index (χ2n) is 18.8. The fourth-order valence-corrected chi connectivity index (χ4v) is 10.00. The Kier molecular flexibility index (Phi) is 13.1. The van der Waals surface area contributed by atoms with E-state index >= 15 is 0 Å². The minimum atomic E-state index is -5.32. The largest absolute Gasteiger partial charge is 0.417 e. The van der Waals surface area contributed by atoms with Gasteiger partial charge in [0.15, 0.2) is 5.82 Å². The molecule has 81 heavy (non-hydrogen) atoms. The average Bonchev–Trinajstić information content (AvgIpc) is 3.02. The minimum absolute atomic E-state index is 0.0124. The molecule has 9 aromatic carbocycles. The Bertz CT molecular complexity index is 4070. The average molecular weight is 1100 g/mol. The van der Waals surface area contributed by atoms with Gasteiger partial charge in [0.1, 0.15) is 0 Å². The van der Waals surface area contributed by atoms with Crippen molar-refractivity contribution in [3.05, 3.63) is 234 Å². The molecule has 0 atom stereocenters. The van der Waals surface area contributed by atoms with Gasteiger partial charge in [-0.25, -0.2) is 9.97 Å². The number of nitrogens with zero attached hydrogens (tertiary/aromatic N) is 5. The van der Waals surface area contributed by atoms with Gasteiger partial charge in [-0.3, -0.25) is 0 Å². The van der Waals surface area contributed by atoms with E-state index in [1.165, 1.54) is 36.4 Å². The van der Waals surface area contributed by atoms with Crippen LogP contribution in [0.5, 0.6) is 0 Å². The smallest absolute Gasteiger partial charge is 0.308 e. The molecule has 0 aliphatic rings. The van der Waals surface area contributed by atoms with Crippen molar-refractivity contribution in [3.8, 4) is 96.2 Å². The number of aromatic nitrogens is 3. The summed E-state index contributed by atoms with van der Waals surface area (Å²) in [4.78, 5) is 10.2. The predicted molar refractivity (Wildman–Crippen MR) is 284 cm³/mol. The zero-order valence-electron chi connectivity index (χ0n) is 41.3. The van der Waals surface area contributed by atoms with E-state index in [0.717, 1.165) is 11.1 Å². The highest BCUT2D eigenvalue weighted by molar-refractivity contribution is 6.13. The quantitative estimate of drug-likeness (QED) is 0.142. The lowest BCUT2D eigenvalue weighted by Gasteiger charge is -2.21. The van der Waals surface area contributed by atoms with E-state index in [1.807, 2.05) is 66.7 Å². The van der Waals surface area contributed by atoms with E-state index in [0.29, 0.717) is 69.2 Å². The van der Waals surface area contributed by atoms with Crippen LogP contribution in [0.2, 0.25) is 0 Å². The summed E-state index contributed by atoms with van der Waals surface area (Å²) in [5.41, 5.74) is -1.96. The number of rotatable bonds is 8. The molecule has 11 aromatic rings. The van der Waals surface area contributed by atoms with Gasteiger partial charge in [-0.15, -0.1) is 0 Å². The van der Waals surface area contributed by atoms with Gasteiger partial charge < -0.3 is 4.57 Å². The number of benzene rings is 9. The molecule has 0 N–H and O–H groups in total. The molecule has 0 saturated heterocycles. The summed E-state index contributed by atoms with van der Waals surface area (Å²) >= 11 is 0. The van der Waals surface area contributed by atoms with Crippen LogP contribution >= 0.6 is 0 Å². The molecule has 398 valence electrons. The highest BCUT2D eigenvalue weighted by Gasteiger charge is 2.40. The maximum atomic E-state index is 14.9. The molecule has 5 nitrogen and oxygen atoms in total. The van der Waals surface area contributed by atoms with Crippen LogP contribution < -0.4 is 0 Å². The van der Waals surface area contributed by atoms with Crippen LogP contribution in [0.25, 0.3) is 106 Å². The number of halogens is 12. The Balaban J connectivity index is 1.27. The number of alkyl halides is 12. The van der Waals surface area contributed by atoms with Crippen LogP contribution in [0.3, 0.4) is 0 Å². The van der Waals surface area contributed by atoms with E-state index in [9.17, 15) is 63.2 Å². The molecule has 0 unspecified atom stereocenters. The third-order valence-corrected chi connectivity index (χ3v) is 13.8. The van der Waals surface area contributed by atoms with Gasteiger partial charge in [0.05, 0.1) is 73.6 Å². The van der Waals surface area contributed by atoms with Gasteiger partial charge in [0.2, 0.25) is 0 Å². The normalized spacial score (nSPS) is 12.2. The zero-order valence-corrected chi connectivity index (χ0v) is 41.3. The molecule has 0 saturated carbocycles. The lowest BCUT2D eigenvalue weighted by molar-refractivity contribution is -0.144. The third-order valence-electron chi connectivity index (χ3n) is 13.8. The van der Waals surface area contributed by atoms with Crippen LogP contribution in [-0.4, -0.2) is 14.5 Å². The third kappa shape index (κ3) is 10.2. The molecule has 0 bridgehead atoms. The van der Waals surface area contributed by atoms with E-state index in [2.05, 4.69) is 12.1 Å². The first-order valence-corrected chi connectivity index (χ1v) is 24.4. The molecule has 0 fully saturated rings. The van der Waals surface area contributed by atoms with Gasteiger partial charge in [0, 0.05) is 38.6 Å². The van der Waals surface area contributed by atoms with Gasteiger partial charge in [-0.05, 0) is 124 Å². The Morgan fingerprint density at radius 3 is 1.07 bits per heavy atom. The van der Waals surface area contributed by atoms with Crippen LogP contribution in [0, 0.1) is 22.7 Å². The monoisotopic (exact) mass is 1100 g/mol. The van der Waals surface area contributed by atoms with Crippen molar-refractivity contribution >= 4 is 21.8 Å². The second-order valence-corrected chi connectivity index (χ2v) is 18.8. The summed E-state index contributed by atoms with van der Waals surface area (Å²) in [5, 5.41) is 20.0. The Hall–Kier alpha value is -10.0. The molecule has 2 heterocycles. The molecule has 0 amide bonds. The van der Waals surface area contributed by atoms with E-state index < -0.39 is 58.1 Å². The molecule has 0 spiro atoms. The highest BCUT2D eigenvalue weighted by Crippen LogP contribution is 2.49. The summed E-state index contributed by atoms with van der Waals surface area (Å²) in [6, 6.07) is 51.5. The maximum Gasteiger partial charge on any atom is 0.417 e. The van der Waals surface area contributed by atoms with Crippen molar-refractivity contribution in [2.24, 2.45) is 0 Å². The molecule has 0 aliphatic carbocycles.